The minimum Gasteiger partial charge on any atom is -0.464 e. The van der Waals surface area contributed by atoms with Gasteiger partial charge in [-0.1, -0.05) is 24.3 Å². The van der Waals surface area contributed by atoms with Gasteiger partial charge in [0.25, 0.3) is 0 Å². The largest absolute Gasteiger partial charge is 0.464 e. The average Bonchev–Trinajstić information content (AvgIpc) is 3.33. The van der Waals surface area contributed by atoms with E-state index in [-0.39, 0.29) is 29.0 Å². The predicted molar refractivity (Wildman–Crippen MR) is 91.5 cm³/mol. The van der Waals surface area contributed by atoms with Crippen LogP contribution in [0.5, 0.6) is 0 Å². The van der Waals surface area contributed by atoms with Crippen LogP contribution in [0.1, 0.15) is 29.7 Å². The van der Waals surface area contributed by atoms with Crippen molar-refractivity contribution in [1.82, 2.24) is 9.55 Å². The number of halogens is 2. The second-order valence-corrected chi connectivity index (χ2v) is 6.46. The summed E-state index contributed by atoms with van der Waals surface area (Å²) in [4.78, 5) is 4.16. The van der Waals surface area contributed by atoms with E-state index in [1.165, 1.54) is 12.3 Å². The molecule has 0 aliphatic carbocycles. The van der Waals surface area contributed by atoms with Crippen molar-refractivity contribution in [2.45, 2.75) is 18.6 Å². The Morgan fingerprint density at radius 2 is 2.08 bits per heavy atom. The molecule has 2 unspecified atom stereocenters. The van der Waals surface area contributed by atoms with Crippen LogP contribution in [0.15, 0.2) is 59.6 Å². The van der Waals surface area contributed by atoms with Crippen molar-refractivity contribution in [3.63, 3.8) is 0 Å². The van der Waals surface area contributed by atoms with Gasteiger partial charge in [-0.25, -0.2) is 13.8 Å². The Kier molecular flexibility index (Phi) is 3.24. The van der Waals surface area contributed by atoms with Crippen molar-refractivity contribution >= 4 is 11.0 Å². The summed E-state index contributed by atoms with van der Waals surface area (Å²) in [5.41, 5.74) is 2.76. The first-order chi connectivity index (χ1) is 12.6. The number of aliphatic hydroxyl groups excluding tert-OH is 1. The lowest BCUT2D eigenvalue weighted by Gasteiger charge is -2.20. The molecule has 0 radical (unpaired) electrons. The van der Waals surface area contributed by atoms with E-state index in [1.807, 2.05) is 28.8 Å². The van der Waals surface area contributed by atoms with Gasteiger partial charge in [0.1, 0.15) is 17.2 Å². The fourth-order valence-electron chi connectivity index (χ4n) is 3.86. The highest BCUT2D eigenvalue weighted by Crippen LogP contribution is 2.43. The van der Waals surface area contributed by atoms with Crippen LogP contribution in [0.4, 0.5) is 8.78 Å². The monoisotopic (exact) mass is 352 g/mol. The number of benzene rings is 2. The molecule has 2 aromatic heterocycles. The van der Waals surface area contributed by atoms with E-state index in [4.69, 9.17) is 4.42 Å². The molecular weight excluding hydrogens is 338 g/mol. The number of nitrogens with zero attached hydrogens (tertiary/aromatic N) is 2. The van der Waals surface area contributed by atoms with E-state index in [0.29, 0.717) is 0 Å². The molecule has 1 aliphatic heterocycles. The predicted octanol–water partition coefficient (Wildman–Crippen LogP) is 4.60. The maximum absolute atomic E-state index is 14.7. The molecule has 26 heavy (non-hydrogen) atoms. The molecule has 4 nitrogen and oxygen atoms in total. The molecule has 2 aromatic carbocycles. The van der Waals surface area contributed by atoms with Crippen LogP contribution in [0.2, 0.25) is 0 Å². The Balaban J connectivity index is 1.57. The number of fused-ring (bicyclic) bond motifs is 4. The van der Waals surface area contributed by atoms with Crippen LogP contribution >= 0.6 is 0 Å². The van der Waals surface area contributed by atoms with E-state index >= 15 is 0 Å². The fourth-order valence-corrected chi connectivity index (χ4v) is 3.86. The number of aromatic nitrogens is 2. The Hall–Kier alpha value is -2.99. The zero-order valence-electron chi connectivity index (χ0n) is 13.6. The Morgan fingerprint density at radius 3 is 2.96 bits per heavy atom. The zero-order chi connectivity index (χ0) is 17.8. The van der Waals surface area contributed by atoms with Crippen molar-refractivity contribution in [2.24, 2.45) is 0 Å². The summed E-state index contributed by atoms with van der Waals surface area (Å²) in [6, 6.07) is 10.1. The van der Waals surface area contributed by atoms with Gasteiger partial charge in [-0.3, -0.25) is 0 Å². The third-order valence-corrected chi connectivity index (χ3v) is 5.06. The Labute approximate surface area is 147 Å². The van der Waals surface area contributed by atoms with Crippen LogP contribution in [0.3, 0.4) is 0 Å². The van der Waals surface area contributed by atoms with Gasteiger partial charge < -0.3 is 14.1 Å². The Morgan fingerprint density at radius 1 is 1.23 bits per heavy atom. The summed E-state index contributed by atoms with van der Waals surface area (Å²) in [5.74, 6) is -1.59. The molecule has 6 heteroatoms. The third kappa shape index (κ3) is 2.05. The molecule has 0 bridgehead atoms. The number of furan rings is 1. The molecule has 4 aromatic rings. The molecule has 0 amide bonds. The summed E-state index contributed by atoms with van der Waals surface area (Å²) >= 11 is 0. The van der Waals surface area contributed by atoms with Crippen molar-refractivity contribution < 1.29 is 18.3 Å². The lowest BCUT2D eigenvalue weighted by molar-refractivity contribution is 0.145. The van der Waals surface area contributed by atoms with E-state index in [1.54, 1.807) is 12.5 Å². The second kappa shape index (κ2) is 5.51. The van der Waals surface area contributed by atoms with E-state index in [2.05, 4.69) is 4.98 Å². The average molecular weight is 352 g/mol. The number of aliphatic hydroxyl groups is 1. The molecule has 5 rings (SSSR count). The third-order valence-electron chi connectivity index (χ3n) is 5.06. The minimum absolute atomic E-state index is 0.124. The highest BCUT2D eigenvalue weighted by molar-refractivity contribution is 5.79. The molecule has 130 valence electrons. The minimum atomic E-state index is -1.30. The quantitative estimate of drug-likeness (QED) is 0.586. The highest BCUT2D eigenvalue weighted by Gasteiger charge is 2.32. The van der Waals surface area contributed by atoms with E-state index in [0.717, 1.165) is 22.9 Å². The first-order valence-electron chi connectivity index (χ1n) is 8.29. The first-order valence-corrected chi connectivity index (χ1v) is 8.29. The summed E-state index contributed by atoms with van der Waals surface area (Å²) in [5, 5.41) is 10.8. The summed E-state index contributed by atoms with van der Waals surface area (Å²) in [6.07, 6.45) is 3.56. The van der Waals surface area contributed by atoms with Crippen molar-refractivity contribution in [1.29, 1.82) is 0 Å². The zero-order valence-corrected chi connectivity index (χ0v) is 13.6. The van der Waals surface area contributed by atoms with Gasteiger partial charge >= 0.3 is 0 Å². The van der Waals surface area contributed by atoms with Gasteiger partial charge in [0.15, 0.2) is 0 Å². The van der Waals surface area contributed by atoms with Crippen LogP contribution in [0, 0.1) is 11.6 Å². The van der Waals surface area contributed by atoms with Crippen LogP contribution in [-0.4, -0.2) is 14.7 Å². The molecule has 0 spiro atoms. The fraction of sp³-hybridized carbons (Fsp3) is 0.150. The maximum atomic E-state index is 14.7. The summed E-state index contributed by atoms with van der Waals surface area (Å²) in [6.45, 7) is 0. The topological polar surface area (TPSA) is 51.2 Å². The van der Waals surface area contributed by atoms with Gasteiger partial charge in [-0.15, -0.1) is 0 Å². The van der Waals surface area contributed by atoms with E-state index < -0.39 is 17.7 Å². The normalized spacial score (nSPS) is 16.7. The van der Waals surface area contributed by atoms with Crippen LogP contribution in [0.25, 0.3) is 22.2 Å². The van der Waals surface area contributed by atoms with Crippen molar-refractivity contribution in [2.75, 3.05) is 0 Å². The van der Waals surface area contributed by atoms with Crippen molar-refractivity contribution in [3.8, 4) is 11.3 Å². The molecular formula is C20H14F2N2O2. The van der Waals surface area contributed by atoms with Crippen molar-refractivity contribution in [3.05, 3.63) is 77.9 Å². The van der Waals surface area contributed by atoms with Gasteiger partial charge in [0.2, 0.25) is 0 Å². The first kappa shape index (κ1) is 15.3. The van der Waals surface area contributed by atoms with E-state index in [9.17, 15) is 13.9 Å². The Bertz CT molecular complexity index is 1130. The molecule has 0 fully saturated rings. The van der Waals surface area contributed by atoms with Crippen LogP contribution < -0.4 is 0 Å². The van der Waals surface area contributed by atoms with Gasteiger partial charge in [-0.05, 0) is 11.6 Å². The summed E-state index contributed by atoms with van der Waals surface area (Å²) in [7, 11) is 0. The highest BCUT2D eigenvalue weighted by atomic mass is 19.1. The second-order valence-electron chi connectivity index (χ2n) is 6.46. The SMILES string of the molecule is OC(CC1c2ccccc2-c2cncn21)c1c(F)cc2occc2c1F. The molecule has 0 saturated heterocycles. The smallest absolute Gasteiger partial charge is 0.143 e. The van der Waals surface area contributed by atoms with Gasteiger partial charge in [0.05, 0.1) is 47.6 Å². The molecule has 3 heterocycles. The summed E-state index contributed by atoms with van der Waals surface area (Å²) < 4.78 is 36.2. The lowest BCUT2D eigenvalue weighted by atomic mass is 9.94. The standard InChI is InChI=1S/C20H14F2N2O2/c21-14-7-18-13(5-6-26-18)20(22)19(14)17(25)8-15-11-3-1-2-4-12(11)16-9-23-10-24(15)16/h1-7,9-10,15,17,25H,8H2. The molecule has 0 saturated carbocycles. The lowest BCUT2D eigenvalue weighted by Crippen LogP contribution is -2.13. The number of rotatable bonds is 3. The molecule has 1 N–H and O–H groups in total. The van der Waals surface area contributed by atoms with Gasteiger partial charge in [-0.2, -0.15) is 0 Å². The maximum Gasteiger partial charge on any atom is 0.143 e. The van der Waals surface area contributed by atoms with Crippen LogP contribution in [-0.2, 0) is 0 Å². The molecule has 1 aliphatic rings. The number of hydrogen-bond acceptors (Lipinski definition) is 3. The van der Waals surface area contributed by atoms with Gasteiger partial charge in [0, 0.05) is 18.1 Å². The number of imidazole rings is 1. The molecule has 2 atom stereocenters. The number of hydrogen-bond donors (Lipinski definition) is 1.